The molecular formula is C8H16OS. The van der Waals surface area contributed by atoms with Crippen molar-refractivity contribution in [1.29, 1.82) is 0 Å². The van der Waals surface area contributed by atoms with E-state index in [1.54, 1.807) is 0 Å². The minimum Gasteiger partial charge on any atom is -0.487 e. The molecule has 2 heteroatoms. The van der Waals surface area contributed by atoms with Gasteiger partial charge in [0.2, 0.25) is 0 Å². The van der Waals surface area contributed by atoms with Gasteiger partial charge >= 0.3 is 0 Å². The molecule has 0 heterocycles. The number of hydrogen-bond acceptors (Lipinski definition) is 2. The minimum atomic E-state index is 0.481. The molecule has 0 radical (unpaired) electrons. The predicted molar refractivity (Wildman–Crippen MR) is 48.3 cm³/mol. The van der Waals surface area contributed by atoms with Crippen LogP contribution >= 0.6 is 12.2 Å². The highest BCUT2D eigenvalue weighted by molar-refractivity contribution is 7.80. The Hall–Kier alpha value is -0.110. The van der Waals surface area contributed by atoms with E-state index in [1.807, 2.05) is 6.92 Å². The zero-order valence-electron chi connectivity index (χ0n) is 7.02. The molecule has 0 rings (SSSR count). The third-order valence-electron chi connectivity index (χ3n) is 1.61. The van der Waals surface area contributed by atoms with Crippen molar-refractivity contribution in [3.8, 4) is 0 Å². The molecule has 1 nitrogen and oxygen atoms in total. The Balaban J connectivity index is 3.65. The maximum atomic E-state index is 5.22. The molecule has 0 spiro atoms. The van der Waals surface area contributed by atoms with Gasteiger partial charge in [0.05, 0.1) is 6.61 Å². The van der Waals surface area contributed by atoms with Crippen molar-refractivity contribution < 1.29 is 4.74 Å². The monoisotopic (exact) mass is 160 g/mol. The van der Waals surface area contributed by atoms with Crippen LogP contribution in [0.15, 0.2) is 0 Å². The lowest BCUT2D eigenvalue weighted by molar-refractivity contribution is 0.307. The Morgan fingerprint density at radius 2 is 1.80 bits per heavy atom. The van der Waals surface area contributed by atoms with Gasteiger partial charge in [0.25, 0.3) is 0 Å². The third-order valence-corrected chi connectivity index (χ3v) is 2.06. The summed E-state index contributed by atoms with van der Waals surface area (Å²) in [5, 5.41) is 0.785. The van der Waals surface area contributed by atoms with Gasteiger partial charge < -0.3 is 4.74 Å². The summed E-state index contributed by atoms with van der Waals surface area (Å²) < 4.78 is 5.22. The summed E-state index contributed by atoms with van der Waals surface area (Å²) in [6.07, 6.45) is 2.19. The molecular weight excluding hydrogens is 144 g/mol. The van der Waals surface area contributed by atoms with Gasteiger partial charge in [-0.05, 0) is 32.0 Å². The maximum absolute atomic E-state index is 5.22. The zero-order chi connectivity index (χ0) is 7.98. The number of ether oxygens (including phenoxy) is 1. The second-order valence-electron chi connectivity index (χ2n) is 2.27. The zero-order valence-corrected chi connectivity index (χ0v) is 7.83. The summed E-state index contributed by atoms with van der Waals surface area (Å²) in [4.78, 5) is 0. The number of rotatable bonds is 4. The molecule has 0 aromatic carbocycles. The molecule has 0 saturated carbocycles. The summed E-state index contributed by atoms with van der Waals surface area (Å²) >= 11 is 5.05. The molecule has 0 aliphatic carbocycles. The van der Waals surface area contributed by atoms with Crippen molar-refractivity contribution in [3.63, 3.8) is 0 Å². The van der Waals surface area contributed by atoms with E-state index in [0.717, 1.165) is 17.9 Å². The molecule has 0 aliphatic heterocycles. The van der Waals surface area contributed by atoms with E-state index < -0.39 is 0 Å². The molecule has 0 unspecified atom stereocenters. The smallest absolute Gasteiger partial charge is 0.162 e. The van der Waals surface area contributed by atoms with E-state index in [1.165, 1.54) is 0 Å². The summed E-state index contributed by atoms with van der Waals surface area (Å²) in [5.41, 5.74) is 0. The van der Waals surface area contributed by atoms with E-state index in [2.05, 4.69) is 13.8 Å². The van der Waals surface area contributed by atoms with E-state index in [0.29, 0.717) is 12.5 Å². The first-order valence-electron chi connectivity index (χ1n) is 3.92. The van der Waals surface area contributed by atoms with Gasteiger partial charge in [0, 0.05) is 5.92 Å². The second kappa shape index (κ2) is 5.66. The van der Waals surface area contributed by atoms with Crippen LogP contribution in [-0.2, 0) is 4.74 Å². The minimum absolute atomic E-state index is 0.481. The lowest BCUT2D eigenvalue weighted by Crippen LogP contribution is -2.13. The van der Waals surface area contributed by atoms with Gasteiger partial charge in [-0.1, -0.05) is 13.8 Å². The molecule has 0 saturated heterocycles. The molecule has 0 aromatic rings. The van der Waals surface area contributed by atoms with Crippen LogP contribution in [0.1, 0.15) is 33.6 Å². The number of hydrogen-bond donors (Lipinski definition) is 0. The Kier molecular flexibility index (Phi) is 5.60. The van der Waals surface area contributed by atoms with Gasteiger partial charge in [-0.3, -0.25) is 0 Å². The lowest BCUT2D eigenvalue weighted by Gasteiger charge is -2.13. The van der Waals surface area contributed by atoms with E-state index in [-0.39, 0.29) is 0 Å². The normalized spacial score (nSPS) is 10.0. The largest absolute Gasteiger partial charge is 0.487 e. The van der Waals surface area contributed by atoms with Gasteiger partial charge in [0.1, 0.15) is 0 Å². The van der Waals surface area contributed by atoms with Crippen LogP contribution in [0, 0.1) is 5.92 Å². The molecule has 60 valence electrons. The van der Waals surface area contributed by atoms with Crippen LogP contribution in [0.2, 0.25) is 0 Å². The molecule has 10 heavy (non-hydrogen) atoms. The highest BCUT2D eigenvalue weighted by atomic mass is 32.1. The summed E-state index contributed by atoms with van der Waals surface area (Å²) in [6.45, 7) is 6.95. The van der Waals surface area contributed by atoms with Crippen LogP contribution in [0.4, 0.5) is 0 Å². The van der Waals surface area contributed by atoms with Crippen molar-refractivity contribution in [2.75, 3.05) is 6.61 Å². The number of thiocarbonyl (C=S) groups is 1. The Labute approximate surface area is 68.8 Å². The fourth-order valence-corrected chi connectivity index (χ4v) is 1.33. The van der Waals surface area contributed by atoms with Crippen molar-refractivity contribution in [3.05, 3.63) is 0 Å². The Morgan fingerprint density at radius 3 is 2.10 bits per heavy atom. The Morgan fingerprint density at radius 1 is 1.30 bits per heavy atom. The molecule has 0 amide bonds. The van der Waals surface area contributed by atoms with E-state index in [9.17, 15) is 0 Å². The first-order chi connectivity index (χ1) is 4.76. The fourth-order valence-electron chi connectivity index (χ4n) is 0.882. The fraction of sp³-hybridized carbons (Fsp3) is 0.875. The third kappa shape index (κ3) is 3.16. The lowest BCUT2D eigenvalue weighted by atomic mass is 10.1. The average Bonchev–Trinajstić information content (AvgIpc) is 1.91. The molecule has 0 aromatic heterocycles. The first-order valence-corrected chi connectivity index (χ1v) is 4.33. The standard InChI is InChI=1S/C8H16OS/c1-4-7(5-2)8(10)9-6-3/h7H,4-6H2,1-3H3. The quantitative estimate of drug-likeness (QED) is 0.585. The second-order valence-corrected chi connectivity index (χ2v) is 2.67. The van der Waals surface area contributed by atoms with Crippen LogP contribution in [0.25, 0.3) is 0 Å². The van der Waals surface area contributed by atoms with E-state index >= 15 is 0 Å². The van der Waals surface area contributed by atoms with Crippen LogP contribution < -0.4 is 0 Å². The highest BCUT2D eigenvalue weighted by Crippen LogP contribution is 2.10. The molecule has 0 atom stereocenters. The van der Waals surface area contributed by atoms with Crippen LogP contribution in [-0.4, -0.2) is 11.7 Å². The molecule has 0 N–H and O–H groups in total. The van der Waals surface area contributed by atoms with Gasteiger partial charge in [0.15, 0.2) is 5.05 Å². The van der Waals surface area contributed by atoms with Crippen LogP contribution in [0.5, 0.6) is 0 Å². The SMILES string of the molecule is CCOC(=S)C(CC)CC. The van der Waals surface area contributed by atoms with Crippen molar-refractivity contribution in [2.24, 2.45) is 5.92 Å². The average molecular weight is 160 g/mol. The van der Waals surface area contributed by atoms with Gasteiger partial charge in [-0.25, -0.2) is 0 Å². The van der Waals surface area contributed by atoms with Crippen molar-refractivity contribution in [1.82, 2.24) is 0 Å². The van der Waals surface area contributed by atoms with Crippen molar-refractivity contribution in [2.45, 2.75) is 33.6 Å². The molecule has 0 fully saturated rings. The predicted octanol–water partition coefficient (Wildman–Crippen LogP) is 2.79. The van der Waals surface area contributed by atoms with Crippen molar-refractivity contribution >= 4 is 17.3 Å². The summed E-state index contributed by atoms with van der Waals surface area (Å²) in [7, 11) is 0. The first kappa shape index (κ1) is 9.89. The van der Waals surface area contributed by atoms with Crippen LogP contribution in [0.3, 0.4) is 0 Å². The maximum Gasteiger partial charge on any atom is 0.162 e. The topological polar surface area (TPSA) is 9.23 Å². The Bertz CT molecular complexity index is 97.4. The summed E-state index contributed by atoms with van der Waals surface area (Å²) in [6, 6.07) is 0. The molecule has 0 aliphatic rings. The van der Waals surface area contributed by atoms with Gasteiger partial charge in [-0.2, -0.15) is 0 Å². The molecule has 0 bridgehead atoms. The highest BCUT2D eigenvalue weighted by Gasteiger charge is 2.09. The summed E-state index contributed by atoms with van der Waals surface area (Å²) in [5.74, 6) is 0.481. The van der Waals surface area contributed by atoms with Gasteiger partial charge in [-0.15, -0.1) is 0 Å². The van der Waals surface area contributed by atoms with E-state index in [4.69, 9.17) is 17.0 Å².